The van der Waals surface area contributed by atoms with Crippen molar-refractivity contribution >= 4 is 44.8 Å². The van der Waals surface area contributed by atoms with Crippen molar-refractivity contribution in [2.24, 2.45) is 0 Å². The van der Waals surface area contributed by atoms with E-state index in [1.807, 2.05) is 11.4 Å². The average Bonchev–Trinajstić information content (AvgIpc) is 2.75. The lowest BCUT2D eigenvalue weighted by atomic mass is 10.3. The van der Waals surface area contributed by atoms with E-state index < -0.39 is 0 Å². The van der Waals surface area contributed by atoms with Gasteiger partial charge in [-0.15, -0.1) is 11.3 Å². The van der Waals surface area contributed by atoms with Crippen LogP contribution >= 0.6 is 38.9 Å². The summed E-state index contributed by atoms with van der Waals surface area (Å²) in [6, 6.07) is 5.30. The molecule has 94 valence electrons. The van der Waals surface area contributed by atoms with E-state index in [2.05, 4.69) is 20.9 Å². The second-order valence-electron chi connectivity index (χ2n) is 3.75. The van der Waals surface area contributed by atoms with Crippen LogP contribution in [-0.4, -0.2) is 22.8 Å². The lowest BCUT2D eigenvalue weighted by Gasteiger charge is -2.15. The van der Waals surface area contributed by atoms with Crippen molar-refractivity contribution < 1.29 is 4.79 Å². The van der Waals surface area contributed by atoms with Crippen LogP contribution in [0.5, 0.6) is 0 Å². The quantitative estimate of drug-likeness (QED) is 0.847. The molecule has 2 aromatic heterocycles. The van der Waals surface area contributed by atoms with Gasteiger partial charge in [-0.3, -0.25) is 4.79 Å². The second-order valence-corrected chi connectivity index (χ2v) is 6.10. The molecule has 3 nitrogen and oxygen atoms in total. The van der Waals surface area contributed by atoms with E-state index in [9.17, 15) is 4.79 Å². The number of hydrogen-bond donors (Lipinski definition) is 0. The summed E-state index contributed by atoms with van der Waals surface area (Å²) in [5.41, 5.74) is 0.400. The summed E-state index contributed by atoms with van der Waals surface area (Å²) in [5, 5.41) is 2.52. The number of pyridine rings is 1. The molecule has 0 N–H and O–H groups in total. The molecule has 0 spiro atoms. The van der Waals surface area contributed by atoms with Gasteiger partial charge in [0, 0.05) is 28.0 Å². The fourth-order valence-electron chi connectivity index (χ4n) is 1.44. The zero-order valence-corrected chi connectivity index (χ0v) is 12.7. The summed E-state index contributed by atoms with van der Waals surface area (Å²) in [5.74, 6) is -0.115. The van der Waals surface area contributed by atoms with Gasteiger partial charge in [-0.05, 0) is 34.1 Å². The SMILES string of the molecule is CN(Cc1cc(Br)cs1)C(=O)c1ccc(Cl)cn1. The Labute approximate surface area is 123 Å². The number of nitrogens with zero attached hydrogens (tertiary/aromatic N) is 2. The van der Waals surface area contributed by atoms with Crippen molar-refractivity contribution in [3.8, 4) is 0 Å². The molecular weight excluding hydrogens is 336 g/mol. The molecule has 0 unspecified atom stereocenters. The van der Waals surface area contributed by atoms with Crippen LogP contribution in [0, 0.1) is 0 Å². The van der Waals surface area contributed by atoms with Crippen LogP contribution in [0.15, 0.2) is 34.2 Å². The van der Waals surface area contributed by atoms with Gasteiger partial charge in [0.25, 0.3) is 5.91 Å². The Bertz CT molecular complexity index is 555. The fraction of sp³-hybridized carbons (Fsp3) is 0.167. The summed E-state index contributed by atoms with van der Waals surface area (Å²) in [6.07, 6.45) is 1.48. The fourth-order valence-corrected chi connectivity index (χ4v) is 3.06. The Morgan fingerprint density at radius 3 is 2.89 bits per heavy atom. The van der Waals surface area contributed by atoms with Gasteiger partial charge in [0.05, 0.1) is 11.6 Å². The molecule has 0 fully saturated rings. The molecule has 0 saturated heterocycles. The first-order chi connectivity index (χ1) is 8.56. The van der Waals surface area contributed by atoms with Gasteiger partial charge in [-0.1, -0.05) is 11.6 Å². The smallest absolute Gasteiger partial charge is 0.272 e. The van der Waals surface area contributed by atoms with Gasteiger partial charge in [-0.25, -0.2) is 4.98 Å². The number of aromatic nitrogens is 1. The van der Waals surface area contributed by atoms with Crippen LogP contribution in [0.3, 0.4) is 0 Å². The summed E-state index contributed by atoms with van der Waals surface area (Å²) < 4.78 is 1.04. The molecule has 0 aliphatic rings. The molecule has 0 aliphatic carbocycles. The Morgan fingerprint density at radius 2 is 2.33 bits per heavy atom. The number of halogens is 2. The van der Waals surface area contributed by atoms with Gasteiger partial charge < -0.3 is 4.90 Å². The molecule has 0 aromatic carbocycles. The number of hydrogen-bond acceptors (Lipinski definition) is 3. The van der Waals surface area contributed by atoms with Crippen LogP contribution in [0.25, 0.3) is 0 Å². The normalized spacial score (nSPS) is 10.4. The van der Waals surface area contributed by atoms with Crippen LogP contribution in [0.1, 0.15) is 15.4 Å². The van der Waals surface area contributed by atoms with E-state index in [0.29, 0.717) is 17.3 Å². The zero-order valence-electron chi connectivity index (χ0n) is 9.56. The predicted octanol–water partition coefficient (Wildman–Crippen LogP) is 3.83. The highest BCUT2D eigenvalue weighted by atomic mass is 79.9. The second kappa shape index (κ2) is 5.82. The van der Waals surface area contributed by atoms with Crippen LogP contribution < -0.4 is 0 Å². The van der Waals surface area contributed by atoms with Crippen molar-refractivity contribution in [3.63, 3.8) is 0 Å². The molecule has 2 rings (SSSR count). The van der Waals surface area contributed by atoms with Crippen molar-refractivity contribution in [1.29, 1.82) is 0 Å². The summed E-state index contributed by atoms with van der Waals surface area (Å²) in [7, 11) is 1.76. The van der Waals surface area contributed by atoms with Gasteiger partial charge in [0.15, 0.2) is 0 Å². The van der Waals surface area contributed by atoms with E-state index in [0.717, 1.165) is 9.35 Å². The monoisotopic (exact) mass is 344 g/mol. The molecule has 0 bridgehead atoms. The molecule has 0 saturated carbocycles. The largest absolute Gasteiger partial charge is 0.335 e. The average molecular weight is 346 g/mol. The summed E-state index contributed by atoms with van der Waals surface area (Å²) >= 11 is 10.7. The first kappa shape index (κ1) is 13.5. The third-order valence-electron chi connectivity index (χ3n) is 2.31. The summed E-state index contributed by atoms with van der Waals surface area (Å²) in [4.78, 5) is 18.8. The van der Waals surface area contributed by atoms with E-state index in [1.165, 1.54) is 6.20 Å². The Morgan fingerprint density at radius 1 is 1.56 bits per heavy atom. The molecular formula is C12H10BrClN2OS. The first-order valence-corrected chi connectivity index (χ1v) is 7.21. The minimum absolute atomic E-state index is 0.115. The van der Waals surface area contributed by atoms with E-state index >= 15 is 0 Å². The molecule has 6 heteroatoms. The van der Waals surface area contributed by atoms with Gasteiger partial charge >= 0.3 is 0 Å². The zero-order chi connectivity index (χ0) is 13.1. The highest BCUT2D eigenvalue weighted by Gasteiger charge is 2.13. The molecule has 2 heterocycles. The minimum atomic E-state index is -0.115. The van der Waals surface area contributed by atoms with Gasteiger partial charge in [0.2, 0.25) is 0 Å². The maximum Gasteiger partial charge on any atom is 0.272 e. The third kappa shape index (κ3) is 3.31. The van der Waals surface area contributed by atoms with Crippen molar-refractivity contribution in [1.82, 2.24) is 9.88 Å². The highest BCUT2D eigenvalue weighted by molar-refractivity contribution is 9.10. The Kier molecular flexibility index (Phi) is 4.37. The third-order valence-corrected chi connectivity index (χ3v) is 4.21. The molecule has 18 heavy (non-hydrogen) atoms. The topological polar surface area (TPSA) is 33.2 Å². The maximum absolute atomic E-state index is 12.1. The molecule has 0 aliphatic heterocycles. The predicted molar refractivity (Wildman–Crippen MR) is 77.1 cm³/mol. The maximum atomic E-state index is 12.1. The van der Waals surface area contributed by atoms with Gasteiger partial charge in [-0.2, -0.15) is 0 Å². The number of amides is 1. The number of carbonyl (C=O) groups is 1. The lowest BCUT2D eigenvalue weighted by molar-refractivity contribution is 0.0780. The molecule has 0 atom stereocenters. The van der Waals surface area contributed by atoms with E-state index in [1.54, 1.807) is 35.4 Å². The minimum Gasteiger partial charge on any atom is -0.335 e. The summed E-state index contributed by atoms with van der Waals surface area (Å²) in [6.45, 7) is 0.569. The van der Waals surface area contributed by atoms with Crippen molar-refractivity contribution in [3.05, 3.63) is 49.8 Å². The van der Waals surface area contributed by atoms with Crippen molar-refractivity contribution in [2.45, 2.75) is 6.54 Å². The highest BCUT2D eigenvalue weighted by Crippen LogP contribution is 2.21. The van der Waals surface area contributed by atoms with Crippen LogP contribution in [0.2, 0.25) is 5.02 Å². The number of thiophene rings is 1. The lowest BCUT2D eigenvalue weighted by Crippen LogP contribution is -2.26. The standard InChI is InChI=1S/C12H10BrClN2OS/c1-16(6-10-4-8(13)7-18-10)12(17)11-3-2-9(14)5-15-11/h2-5,7H,6H2,1H3. The van der Waals surface area contributed by atoms with E-state index in [-0.39, 0.29) is 5.91 Å². The number of carbonyl (C=O) groups excluding carboxylic acids is 1. The Balaban J connectivity index is 2.07. The first-order valence-electron chi connectivity index (χ1n) is 5.16. The molecule has 0 radical (unpaired) electrons. The molecule has 1 amide bonds. The van der Waals surface area contributed by atoms with Crippen LogP contribution in [-0.2, 0) is 6.54 Å². The molecule has 2 aromatic rings. The Hall–Kier alpha value is -0.910. The van der Waals surface area contributed by atoms with Crippen LogP contribution in [0.4, 0.5) is 0 Å². The van der Waals surface area contributed by atoms with Gasteiger partial charge in [0.1, 0.15) is 5.69 Å². The van der Waals surface area contributed by atoms with E-state index in [4.69, 9.17) is 11.6 Å². The van der Waals surface area contributed by atoms with Crippen molar-refractivity contribution in [2.75, 3.05) is 7.05 Å². The number of rotatable bonds is 3.